The zero-order valence-electron chi connectivity index (χ0n) is 8.78. The smallest absolute Gasteiger partial charge is 0.272 e. The van der Waals surface area contributed by atoms with Crippen LogP contribution in [0.4, 0.5) is 5.13 Å². The van der Waals surface area contributed by atoms with E-state index in [-0.39, 0.29) is 15.2 Å². The van der Waals surface area contributed by atoms with E-state index in [0.717, 1.165) is 17.8 Å². The molecule has 0 fully saturated rings. The second-order valence-corrected chi connectivity index (χ2v) is 6.89. The van der Waals surface area contributed by atoms with E-state index in [0.29, 0.717) is 12.1 Å². The number of aryl methyl sites for hydroxylation is 1. The molecule has 1 aromatic rings. The molecular weight excluding hydrogens is 272 g/mol. The standard InChI is InChI=1S/C8H11ClN2O3S2/c1-3-4-6(12)11-8-10-5(2)7(15-8)16(9,13)14/h3-4H2,1-2H3,(H,10,11,12). The summed E-state index contributed by atoms with van der Waals surface area (Å²) in [6, 6.07) is 0. The molecule has 16 heavy (non-hydrogen) atoms. The summed E-state index contributed by atoms with van der Waals surface area (Å²) in [4.78, 5) is 15.2. The Hall–Kier alpha value is -0.660. The molecule has 1 heterocycles. The van der Waals surface area contributed by atoms with E-state index in [1.807, 2.05) is 6.92 Å². The third-order valence-corrected chi connectivity index (χ3v) is 4.95. The second kappa shape index (κ2) is 5.11. The molecule has 8 heteroatoms. The van der Waals surface area contributed by atoms with Gasteiger partial charge in [-0.2, -0.15) is 0 Å². The predicted octanol–water partition coefficient (Wildman–Crippen LogP) is 2.12. The molecule has 1 aromatic heterocycles. The molecule has 0 saturated carbocycles. The topological polar surface area (TPSA) is 76.1 Å². The third kappa shape index (κ3) is 3.43. The average Bonchev–Trinajstić information content (AvgIpc) is 2.46. The highest BCUT2D eigenvalue weighted by atomic mass is 35.7. The number of hydrogen-bond acceptors (Lipinski definition) is 5. The van der Waals surface area contributed by atoms with Crippen molar-refractivity contribution in [1.82, 2.24) is 4.98 Å². The molecule has 0 aromatic carbocycles. The number of rotatable bonds is 4. The largest absolute Gasteiger partial charge is 0.302 e. The first kappa shape index (κ1) is 13.4. The van der Waals surface area contributed by atoms with E-state index < -0.39 is 9.05 Å². The van der Waals surface area contributed by atoms with E-state index in [2.05, 4.69) is 10.3 Å². The molecule has 0 aliphatic carbocycles. The van der Waals surface area contributed by atoms with Gasteiger partial charge < -0.3 is 5.32 Å². The van der Waals surface area contributed by atoms with Crippen molar-refractivity contribution in [3.05, 3.63) is 5.69 Å². The monoisotopic (exact) mass is 282 g/mol. The van der Waals surface area contributed by atoms with E-state index in [9.17, 15) is 13.2 Å². The highest BCUT2D eigenvalue weighted by Gasteiger charge is 2.19. The number of nitrogens with zero attached hydrogens (tertiary/aromatic N) is 1. The summed E-state index contributed by atoms with van der Waals surface area (Å²) in [6.45, 7) is 3.41. The van der Waals surface area contributed by atoms with Crippen LogP contribution in [0.25, 0.3) is 0 Å². The van der Waals surface area contributed by atoms with Crippen LogP contribution < -0.4 is 5.32 Å². The Kier molecular flexibility index (Phi) is 4.28. The van der Waals surface area contributed by atoms with Crippen LogP contribution >= 0.6 is 22.0 Å². The quantitative estimate of drug-likeness (QED) is 0.858. The van der Waals surface area contributed by atoms with Crippen molar-refractivity contribution >= 4 is 42.1 Å². The molecule has 0 bridgehead atoms. The van der Waals surface area contributed by atoms with Gasteiger partial charge in [0, 0.05) is 17.1 Å². The van der Waals surface area contributed by atoms with Crippen molar-refractivity contribution in [1.29, 1.82) is 0 Å². The highest BCUT2D eigenvalue weighted by Crippen LogP contribution is 2.29. The average molecular weight is 283 g/mol. The number of aromatic nitrogens is 1. The number of halogens is 1. The minimum Gasteiger partial charge on any atom is -0.302 e. The Morgan fingerprint density at radius 2 is 2.19 bits per heavy atom. The van der Waals surface area contributed by atoms with Crippen LogP contribution in [0.2, 0.25) is 0 Å². The Bertz CT molecular complexity index is 495. The molecule has 0 unspecified atom stereocenters. The van der Waals surface area contributed by atoms with Gasteiger partial charge in [-0.1, -0.05) is 18.3 Å². The van der Waals surface area contributed by atoms with Gasteiger partial charge in [-0.15, -0.1) is 0 Å². The van der Waals surface area contributed by atoms with Crippen molar-refractivity contribution in [3.63, 3.8) is 0 Å². The van der Waals surface area contributed by atoms with Crippen molar-refractivity contribution in [2.24, 2.45) is 0 Å². The van der Waals surface area contributed by atoms with Gasteiger partial charge in [-0.05, 0) is 13.3 Å². The fraction of sp³-hybridized carbons (Fsp3) is 0.500. The molecule has 5 nitrogen and oxygen atoms in total. The van der Waals surface area contributed by atoms with E-state index in [1.165, 1.54) is 6.92 Å². The fourth-order valence-corrected chi connectivity index (χ4v) is 3.44. The molecule has 0 spiro atoms. The molecule has 1 amide bonds. The van der Waals surface area contributed by atoms with Crippen molar-refractivity contribution in [2.45, 2.75) is 30.9 Å². The SMILES string of the molecule is CCCC(=O)Nc1nc(C)c(S(=O)(=O)Cl)s1. The van der Waals surface area contributed by atoms with Crippen LogP contribution in [-0.4, -0.2) is 19.3 Å². The van der Waals surface area contributed by atoms with Gasteiger partial charge in [0.2, 0.25) is 5.91 Å². The van der Waals surface area contributed by atoms with E-state index in [4.69, 9.17) is 10.7 Å². The number of hydrogen-bond donors (Lipinski definition) is 1. The number of anilines is 1. The van der Waals surface area contributed by atoms with Crippen LogP contribution in [0, 0.1) is 6.92 Å². The summed E-state index contributed by atoms with van der Waals surface area (Å²) in [7, 11) is 1.42. The lowest BCUT2D eigenvalue weighted by molar-refractivity contribution is -0.116. The lowest BCUT2D eigenvalue weighted by Crippen LogP contribution is -2.10. The summed E-state index contributed by atoms with van der Waals surface area (Å²) in [5, 5.41) is 2.78. The molecule has 0 aliphatic rings. The van der Waals surface area contributed by atoms with Crippen molar-refractivity contribution < 1.29 is 13.2 Å². The Balaban J connectivity index is 2.90. The molecular formula is C8H11ClN2O3S2. The third-order valence-electron chi connectivity index (χ3n) is 1.70. The lowest BCUT2D eigenvalue weighted by Gasteiger charge is -1.97. The number of carbonyl (C=O) groups is 1. The lowest BCUT2D eigenvalue weighted by atomic mass is 10.3. The number of nitrogens with one attached hydrogen (secondary N) is 1. The van der Waals surface area contributed by atoms with Crippen molar-refractivity contribution in [2.75, 3.05) is 5.32 Å². The molecule has 0 atom stereocenters. The first-order valence-corrected chi connectivity index (χ1v) is 7.69. The first-order valence-electron chi connectivity index (χ1n) is 4.56. The minimum atomic E-state index is -3.78. The van der Waals surface area contributed by atoms with E-state index >= 15 is 0 Å². The number of thiazole rings is 1. The fourth-order valence-electron chi connectivity index (χ4n) is 1.07. The predicted molar refractivity (Wildman–Crippen MR) is 63.4 cm³/mol. The maximum absolute atomic E-state index is 11.3. The summed E-state index contributed by atoms with van der Waals surface area (Å²) < 4.78 is 22.2. The maximum Gasteiger partial charge on any atom is 0.272 e. The molecule has 0 aliphatic heterocycles. The maximum atomic E-state index is 11.3. The highest BCUT2D eigenvalue weighted by molar-refractivity contribution is 8.15. The van der Waals surface area contributed by atoms with Gasteiger partial charge in [-0.3, -0.25) is 4.79 Å². The van der Waals surface area contributed by atoms with Crippen LogP contribution in [0.1, 0.15) is 25.5 Å². The zero-order valence-corrected chi connectivity index (χ0v) is 11.2. The van der Waals surface area contributed by atoms with Gasteiger partial charge in [0.25, 0.3) is 9.05 Å². The molecule has 0 radical (unpaired) electrons. The second-order valence-electron chi connectivity index (χ2n) is 3.13. The molecule has 1 rings (SSSR count). The Morgan fingerprint density at radius 1 is 1.56 bits per heavy atom. The van der Waals surface area contributed by atoms with Gasteiger partial charge in [0.1, 0.15) is 0 Å². The van der Waals surface area contributed by atoms with Crippen molar-refractivity contribution in [3.8, 4) is 0 Å². The van der Waals surface area contributed by atoms with Crippen LogP contribution in [0.5, 0.6) is 0 Å². The van der Waals surface area contributed by atoms with Crippen LogP contribution in [-0.2, 0) is 13.8 Å². The summed E-state index contributed by atoms with van der Waals surface area (Å²) in [6.07, 6.45) is 1.10. The summed E-state index contributed by atoms with van der Waals surface area (Å²) in [5.74, 6) is -0.185. The summed E-state index contributed by atoms with van der Waals surface area (Å²) in [5.41, 5.74) is 0.298. The van der Waals surface area contributed by atoms with Crippen LogP contribution in [0.3, 0.4) is 0 Å². The van der Waals surface area contributed by atoms with Gasteiger partial charge in [-0.25, -0.2) is 13.4 Å². The Labute approximate surface area is 102 Å². The summed E-state index contributed by atoms with van der Waals surface area (Å²) >= 11 is 0.858. The number of amides is 1. The normalized spacial score (nSPS) is 11.4. The van der Waals surface area contributed by atoms with Gasteiger partial charge in [0.15, 0.2) is 9.34 Å². The molecule has 0 saturated heterocycles. The molecule has 90 valence electrons. The van der Waals surface area contributed by atoms with Gasteiger partial charge >= 0.3 is 0 Å². The number of carbonyl (C=O) groups excluding carboxylic acids is 1. The zero-order chi connectivity index (χ0) is 12.3. The molecule has 1 N–H and O–H groups in total. The minimum absolute atomic E-state index is 0.0269. The van der Waals surface area contributed by atoms with E-state index in [1.54, 1.807) is 0 Å². The first-order chi connectivity index (χ1) is 7.34. The van der Waals surface area contributed by atoms with Crippen LogP contribution in [0.15, 0.2) is 4.21 Å². The Morgan fingerprint density at radius 3 is 2.62 bits per heavy atom. The van der Waals surface area contributed by atoms with Gasteiger partial charge in [0.05, 0.1) is 5.69 Å².